The minimum absolute atomic E-state index is 0.0574. The first-order chi connectivity index (χ1) is 12.0. The molecule has 1 N–H and O–H groups in total. The van der Waals surface area contributed by atoms with Gasteiger partial charge in [-0.3, -0.25) is 4.79 Å². The summed E-state index contributed by atoms with van der Waals surface area (Å²) in [4.78, 5) is 16.7. The molecule has 0 spiro atoms. The smallest absolute Gasteiger partial charge is 0.228 e. The van der Waals surface area contributed by atoms with Gasteiger partial charge in [-0.05, 0) is 30.7 Å². The van der Waals surface area contributed by atoms with Crippen LogP contribution in [-0.4, -0.2) is 35.2 Å². The van der Waals surface area contributed by atoms with Gasteiger partial charge in [0.1, 0.15) is 5.65 Å². The Balaban J connectivity index is 1.49. The topological polar surface area (TPSA) is 80.5 Å². The van der Waals surface area contributed by atoms with E-state index in [0.29, 0.717) is 12.1 Å². The lowest BCUT2D eigenvalue weighted by atomic mass is 10.1. The molecule has 2 aromatic heterocycles. The first-order valence-corrected chi connectivity index (χ1v) is 9.88. The largest absolute Gasteiger partial charge is 0.326 e. The van der Waals surface area contributed by atoms with Gasteiger partial charge in [-0.2, -0.15) is 0 Å². The molecule has 1 unspecified atom stereocenters. The molecular formula is C18H17N3O3S. The zero-order chi connectivity index (χ0) is 17.4. The summed E-state index contributed by atoms with van der Waals surface area (Å²) in [5.41, 5.74) is 3.33. The Bertz CT molecular complexity index is 1010. The van der Waals surface area contributed by atoms with E-state index >= 15 is 0 Å². The second-order valence-electron chi connectivity index (χ2n) is 6.26. The maximum Gasteiger partial charge on any atom is 0.228 e. The van der Waals surface area contributed by atoms with Crippen LogP contribution in [0.1, 0.15) is 6.42 Å². The van der Waals surface area contributed by atoms with Crippen LogP contribution >= 0.6 is 0 Å². The van der Waals surface area contributed by atoms with Crippen molar-refractivity contribution in [2.45, 2.75) is 6.42 Å². The number of imidazole rings is 1. The van der Waals surface area contributed by atoms with Gasteiger partial charge in [0.25, 0.3) is 0 Å². The molecule has 1 saturated heterocycles. The highest BCUT2D eigenvalue weighted by molar-refractivity contribution is 7.91. The van der Waals surface area contributed by atoms with Crippen molar-refractivity contribution in [1.82, 2.24) is 9.38 Å². The lowest BCUT2D eigenvalue weighted by Gasteiger charge is -2.09. The van der Waals surface area contributed by atoms with Crippen LogP contribution in [-0.2, 0) is 14.6 Å². The van der Waals surface area contributed by atoms with Crippen molar-refractivity contribution in [3.8, 4) is 11.3 Å². The van der Waals surface area contributed by atoms with Crippen LogP contribution in [0.4, 0.5) is 5.69 Å². The van der Waals surface area contributed by atoms with Gasteiger partial charge in [0.05, 0.1) is 23.1 Å². The Labute approximate surface area is 145 Å². The van der Waals surface area contributed by atoms with Crippen molar-refractivity contribution in [2.75, 3.05) is 16.8 Å². The Morgan fingerprint density at radius 2 is 1.96 bits per heavy atom. The number of nitrogens with zero attached hydrogens (tertiary/aromatic N) is 2. The van der Waals surface area contributed by atoms with E-state index in [1.54, 1.807) is 12.1 Å². The van der Waals surface area contributed by atoms with Crippen molar-refractivity contribution in [2.24, 2.45) is 5.92 Å². The average Bonchev–Trinajstić information content (AvgIpc) is 3.18. The maximum atomic E-state index is 12.2. The molecule has 7 heteroatoms. The molecule has 25 heavy (non-hydrogen) atoms. The quantitative estimate of drug-likeness (QED) is 0.782. The monoisotopic (exact) mass is 355 g/mol. The molecule has 0 radical (unpaired) electrons. The Kier molecular flexibility index (Phi) is 3.80. The summed E-state index contributed by atoms with van der Waals surface area (Å²) in [6.45, 7) is 0. The van der Waals surface area contributed by atoms with E-state index in [1.165, 1.54) is 0 Å². The molecule has 3 heterocycles. The van der Waals surface area contributed by atoms with Crippen molar-refractivity contribution in [3.63, 3.8) is 0 Å². The maximum absolute atomic E-state index is 12.2. The number of sulfone groups is 1. The molecule has 1 aliphatic heterocycles. The van der Waals surface area contributed by atoms with Crippen LogP contribution < -0.4 is 5.32 Å². The predicted octanol–water partition coefficient (Wildman–Crippen LogP) is 2.37. The number of hydrogen-bond acceptors (Lipinski definition) is 4. The molecule has 1 fully saturated rings. The van der Waals surface area contributed by atoms with Crippen molar-refractivity contribution in [3.05, 3.63) is 54.9 Å². The highest BCUT2D eigenvalue weighted by Crippen LogP contribution is 2.23. The van der Waals surface area contributed by atoms with E-state index < -0.39 is 15.8 Å². The molecule has 6 nitrogen and oxygen atoms in total. The van der Waals surface area contributed by atoms with Crippen LogP contribution in [0.5, 0.6) is 0 Å². The van der Waals surface area contributed by atoms with Crippen molar-refractivity contribution in [1.29, 1.82) is 0 Å². The molecule has 0 aliphatic carbocycles. The minimum atomic E-state index is -3.06. The molecule has 1 aromatic carbocycles. The van der Waals surface area contributed by atoms with E-state index in [1.807, 2.05) is 47.1 Å². The number of amides is 1. The van der Waals surface area contributed by atoms with Gasteiger partial charge in [0.15, 0.2) is 9.84 Å². The Hall–Kier alpha value is -2.67. The SMILES string of the molecule is O=C(Nc1ccc(-c2cn3ccccc3n2)cc1)C1CCS(=O)(=O)C1. The fourth-order valence-electron chi connectivity index (χ4n) is 3.04. The second kappa shape index (κ2) is 6.00. The summed E-state index contributed by atoms with van der Waals surface area (Å²) in [6.07, 6.45) is 4.29. The molecule has 3 aromatic rings. The summed E-state index contributed by atoms with van der Waals surface area (Å²) in [5, 5.41) is 2.80. The number of hydrogen-bond donors (Lipinski definition) is 1. The van der Waals surface area contributed by atoms with Crippen LogP contribution in [0, 0.1) is 5.92 Å². The molecule has 1 atom stereocenters. The van der Waals surface area contributed by atoms with Crippen LogP contribution in [0.3, 0.4) is 0 Å². The van der Waals surface area contributed by atoms with Gasteiger partial charge in [0, 0.05) is 23.6 Å². The number of benzene rings is 1. The molecule has 128 valence electrons. The summed E-state index contributed by atoms with van der Waals surface area (Å²) < 4.78 is 24.9. The third-order valence-corrected chi connectivity index (χ3v) is 6.18. The number of carbonyl (C=O) groups is 1. The molecular weight excluding hydrogens is 338 g/mol. The average molecular weight is 355 g/mol. The zero-order valence-corrected chi connectivity index (χ0v) is 14.2. The van der Waals surface area contributed by atoms with E-state index in [4.69, 9.17) is 0 Å². The molecule has 0 saturated carbocycles. The van der Waals surface area contributed by atoms with Crippen LogP contribution in [0.2, 0.25) is 0 Å². The van der Waals surface area contributed by atoms with Crippen LogP contribution in [0.15, 0.2) is 54.9 Å². The Morgan fingerprint density at radius 1 is 1.16 bits per heavy atom. The van der Waals surface area contributed by atoms with Gasteiger partial charge in [-0.15, -0.1) is 0 Å². The minimum Gasteiger partial charge on any atom is -0.326 e. The van der Waals surface area contributed by atoms with Crippen molar-refractivity contribution < 1.29 is 13.2 Å². The van der Waals surface area contributed by atoms with Gasteiger partial charge in [-0.1, -0.05) is 18.2 Å². The summed E-state index contributed by atoms with van der Waals surface area (Å²) >= 11 is 0. The van der Waals surface area contributed by atoms with E-state index in [0.717, 1.165) is 16.9 Å². The fourth-order valence-corrected chi connectivity index (χ4v) is 4.79. The summed E-state index contributed by atoms with van der Waals surface area (Å²) in [6, 6.07) is 13.2. The van der Waals surface area contributed by atoms with E-state index in [2.05, 4.69) is 10.3 Å². The first-order valence-electron chi connectivity index (χ1n) is 8.06. The number of anilines is 1. The lowest BCUT2D eigenvalue weighted by Crippen LogP contribution is -2.23. The van der Waals surface area contributed by atoms with E-state index in [-0.39, 0.29) is 17.4 Å². The molecule has 0 bridgehead atoms. The summed E-state index contributed by atoms with van der Waals surface area (Å²) in [7, 11) is -3.06. The third kappa shape index (κ3) is 3.28. The van der Waals surface area contributed by atoms with Gasteiger partial charge >= 0.3 is 0 Å². The Morgan fingerprint density at radius 3 is 2.64 bits per heavy atom. The standard InChI is InChI=1S/C18H17N3O3S/c22-18(14-8-10-25(23,24)12-14)19-15-6-4-13(5-7-15)16-11-21-9-2-1-3-17(21)20-16/h1-7,9,11,14H,8,10,12H2,(H,19,22). The number of rotatable bonds is 3. The zero-order valence-electron chi connectivity index (χ0n) is 13.4. The van der Waals surface area contributed by atoms with E-state index in [9.17, 15) is 13.2 Å². The predicted molar refractivity (Wildman–Crippen MR) is 96.0 cm³/mol. The molecule has 1 amide bonds. The van der Waals surface area contributed by atoms with Crippen molar-refractivity contribution >= 4 is 27.1 Å². The molecule has 1 aliphatic rings. The second-order valence-corrected chi connectivity index (χ2v) is 8.49. The normalized spacial score (nSPS) is 19.1. The van der Waals surface area contributed by atoms with Crippen LogP contribution in [0.25, 0.3) is 16.9 Å². The van der Waals surface area contributed by atoms with Gasteiger partial charge in [-0.25, -0.2) is 13.4 Å². The number of carbonyl (C=O) groups excluding carboxylic acids is 1. The highest BCUT2D eigenvalue weighted by atomic mass is 32.2. The number of nitrogens with one attached hydrogen (secondary N) is 1. The third-order valence-electron chi connectivity index (χ3n) is 4.42. The van der Waals surface area contributed by atoms with Gasteiger partial charge in [0.2, 0.25) is 5.91 Å². The number of pyridine rings is 1. The fraction of sp³-hybridized carbons (Fsp3) is 0.222. The number of aromatic nitrogens is 2. The summed E-state index contributed by atoms with van der Waals surface area (Å²) in [5.74, 6) is -0.652. The number of fused-ring (bicyclic) bond motifs is 1. The highest BCUT2D eigenvalue weighted by Gasteiger charge is 2.32. The lowest BCUT2D eigenvalue weighted by molar-refractivity contribution is -0.119. The van der Waals surface area contributed by atoms with Gasteiger partial charge < -0.3 is 9.72 Å². The first kappa shape index (κ1) is 15.8. The molecule has 4 rings (SSSR count).